The number of thiazole rings is 1. The van der Waals surface area contributed by atoms with Crippen LogP contribution in [0.5, 0.6) is 0 Å². The van der Waals surface area contributed by atoms with Gasteiger partial charge in [0.05, 0.1) is 37.0 Å². The van der Waals surface area contributed by atoms with Crippen LogP contribution in [-0.2, 0) is 16.6 Å². The Hall–Kier alpha value is -2.66. The van der Waals surface area contributed by atoms with E-state index in [4.69, 9.17) is 0 Å². The third-order valence-corrected chi connectivity index (χ3v) is 8.08. The van der Waals surface area contributed by atoms with Crippen molar-refractivity contribution in [3.8, 4) is 10.6 Å². The number of aromatic nitrogens is 1. The Morgan fingerprint density at radius 1 is 1.10 bits per heavy atom. The number of quaternary nitrogens is 1. The molecule has 0 bridgehead atoms. The van der Waals surface area contributed by atoms with Gasteiger partial charge in [0.15, 0.2) is 0 Å². The molecule has 0 amide bonds. The van der Waals surface area contributed by atoms with Gasteiger partial charge in [-0.2, -0.15) is 4.31 Å². The first-order valence-corrected chi connectivity index (χ1v) is 12.0. The van der Waals surface area contributed by atoms with Crippen LogP contribution in [-0.4, -0.2) is 49.9 Å². The molecule has 2 aromatic carbocycles. The summed E-state index contributed by atoms with van der Waals surface area (Å²) in [4.78, 5) is 16.8. The Bertz CT molecular complexity index is 1170. The Morgan fingerprint density at radius 3 is 2.35 bits per heavy atom. The molecule has 31 heavy (non-hydrogen) atoms. The van der Waals surface area contributed by atoms with Crippen molar-refractivity contribution in [2.45, 2.75) is 11.4 Å². The molecule has 0 unspecified atom stereocenters. The Balaban J connectivity index is 1.36. The highest BCUT2D eigenvalue weighted by Crippen LogP contribution is 2.23. The van der Waals surface area contributed by atoms with Gasteiger partial charge in [0, 0.05) is 10.9 Å². The SMILES string of the molecule is O=C([O-])c1ccc(S(=O)(=O)N2CC[NH+](Cc3csc(-c4ccc(F)cc4)n3)CC2)cc1. The van der Waals surface area contributed by atoms with Crippen molar-refractivity contribution in [3.05, 3.63) is 71.0 Å². The van der Waals surface area contributed by atoms with E-state index in [0.29, 0.717) is 32.7 Å². The van der Waals surface area contributed by atoms with Crippen LogP contribution in [0.3, 0.4) is 0 Å². The molecule has 1 aliphatic rings. The van der Waals surface area contributed by atoms with Crippen molar-refractivity contribution in [2.24, 2.45) is 0 Å². The maximum atomic E-state index is 13.1. The quantitative estimate of drug-likeness (QED) is 0.574. The van der Waals surface area contributed by atoms with Crippen molar-refractivity contribution in [2.75, 3.05) is 26.2 Å². The summed E-state index contributed by atoms with van der Waals surface area (Å²) in [7, 11) is -3.67. The van der Waals surface area contributed by atoms with Crippen molar-refractivity contribution < 1.29 is 27.6 Å². The zero-order chi connectivity index (χ0) is 22.0. The first kappa shape index (κ1) is 21.6. The molecule has 0 spiro atoms. The summed E-state index contributed by atoms with van der Waals surface area (Å²) in [5, 5.41) is 13.7. The molecular formula is C21H20FN3O4S2. The average molecular weight is 462 g/mol. The highest BCUT2D eigenvalue weighted by Gasteiger charge is 2.30. The Morgan fingerprint density at radius 2 is 1.74 bits per heavy atom. The fourth-order valence-electron chi connectivity index (χ4n) is 3.50. The molecule has 0 radical (unpaired) electrons. The lowest BCUT2D eigenvalue weighted by Crippen LogP contribution is -3.13. The summed E-state index contributed by atoms with van der Waals surface area (Å²) in [6.07, 6.45) is 0. The van der Waals surface area contributed by atoms with Crippen LogP contribution in [0.1, 0.15) is 16.1 Å². The minimum absolute atomic E-state index is 0.0588. The number of carboxylic acid groups (broad SMARTS) is 1. The third kappa shape index (κ3) is 4.82. The molecule has 162 valence electrons. The minimum Gasteiger partial charge on any atom is -0.545 e. The number of benzene rings is 2. The molecule has 1 aliphatic heterocycles. The third-order valence-electron chi connectivity index (χ3n) is 5.23. The van der Waals surface area contributed by atoms with Crippen LogP contribution in [0.25, 0.3) is 10.6 Å². The number of hydrogen-bond acceptors (Lipinski definition) is 6. The van der Waals surface area contributed by atoms with Crippen LogP contribution in [0.4, 0.5) is 4.39 Å². The lowest BCUT2D eigenvalue weighted by atomic mass is 10.2. The van der Waals surface area contributed by atoms with Crippen LogP contribution in [0.2, 0.25) is 0 Å². The normalized spacial score (nSPS) is 15.8. The molecule has 1 saturated heterocycles. The van der Waals surface area contributed by atoms with Crippen LogP contribution in [0.15, 0.2) is 58.8 Å². The number of nitrogens with one attached hydrogen (secondary N) is 1. The molecule has 1 aromatic heterocycles. The summed E-state index contributed by atoms with van der Waals surface area (Å²) >= 11 is 1.50. The molecular weight excluding hydrogens is 441 g/mol. The fourth-order valence-corrected chi connectivity index (χ4v) is 5.77. The number of halogens is 1. The molecule has 1 fully saturated rings. The molecule has 3 aromatic rings. The topological polar surface area (TPSA) is 94.8 Å². The summed E-state index contributed by atoms with van der Waals surface area (Å²) in [5.74, 6) is -1.63. The average Bonchev–Trinajstić information content (AvgIpc) is 3.23. The van der Waals surface area contributed by atoms with Crippen LogP contribution >= 0.6 is 11.3 Å². The molecule has 0 aliphatic carbocycles. The molecule has 1 N–H and O–H groups in total. The van der Waals surface area contributed by atoms with Crippen molar-refractivity contribution >= 4 is 27.3 Å². The van der Waals surface area contributed by atoms with Gasteiger partial charge in [0.25, 0.3) is 0 Å². The minimum atomic E-state index is -3.67. The van der Waals surface area contributed by atoms with E-state index < -0.39 is 16.0 Å². The summed E-state index contributed by atoms with van der Waals surface area (Å²) in [6, 6.07) is 11.3. The zero-order valence-electron chi connectivity index (χ0n) is 16.5. The molecule has 2 heterocycles. The van der Waals surface area contributed by atoms with Crippen molar-refractivity contribution in [3.63, 3.8) is 0 Å². The molecule has 10 heteroatoms. The summed E-state index contributed by atoms with van der Waals surface area (Å²) in [6.45, 7) is 2.70. The van der Waals surface area contributed by atoms with E-state index in [-0.39, 0.29) is 16.3 Å². The maximum Gasteiger partial charge on any atom is 0.243 e. The number of aromatic carboxylic acids is 1. The van der Waals surface area contributed by atoms with Gasteiger partial charge >= 0.3 is 0 Å². The van der Waals surface area contributed by atoms with E-state index in [9.17, 15) is 22.7 Å². The van der Waals surface area contributed by atoms with Gasteiger partial charge in [0.1, 0.15) is 23.1 Å². The monoisotopic (exact) mass is 461 g/mol. The van der Waals surface area contributed by atoms with Gasteiger partial charge in [-0.15, -0.1) is 11.3 Å². The van der Waals surface area contributed by atoms with Crippen LogP contribution in [0, 0.1) is 5.82 Å². The molecule has 4 rings (SSSR count). The standard InChI is InChI=1S/C21H20FN3O4S2/c22-17-5-1-15(2-6-17)20-23-18(14-30-20)13-24-9-11-25(12-10-24)31(28,29)19-7-3-16(4-8-19)21(26)27/h1-8,14H,9-13H2,(H,26,27). The second-order valence-electron chi connectivity index (χ2n) is 7.29. The highest BCUT2D eigenvalue weighted by atomic mass is 32.2. The number of carboxylic acids is 1. The smallest absolute Gasteiger partial charge is 0.243 e. The van der Waals surface area contributed by atoms with E-state index in [2.05, 4.69) is 4.98 Å². The fraction of sp³-hybridized carbons (Fsp3) is 0.238. The Labute approximate surface area is 183 Å². The second-order valence-corrected chi connectivity index (χ2v) is 10.1. The Kier molecular flexibility index (Phi) is 6.15. The first-order valence-electron chi connectivity index (χ1n) is 9.68. The van der Waals surface area contributed by atoms with Gasteiger partial charge in [-0.1, -0.05) is 12.1 Å². The highest BCUT2D eigenvalue weighted by molar-refractivity contribution is 7.89. The van der Waals surface area contributed by atoms with E-state index in [1.807, 2.05) is 5.38 Å². The summed E-state index contributed by atoms with van der Waals surface area (Å²) in [5.41, 5.74) is 1.73. The van der Waals surface area contributed by atoms with Crippen molar-refractivity contribution in [1.29, 1.82) is 0 Å². The van der Waals surface area contributed by atoms with E-state index >= 15 is 0 Å². The van der Waals surface area contributed by atoms with E-state index in [0.717, 1.165) is 16.3 Å². The lowest BCUT2D eigenvalue weighted by Gasteiger charge is -2.31. The first-order chi connectivity index (χ1) is 14.8. The number of piperazine rings is 1. The second kappa shape index (κ2) is 8.83. The molecule has 0 atom stereocenters. The summed E-state index contributed by atoms with van der Waals surface area (Å²) < 4.78 is 40.2. The maximum absolute atomic E-state index is 13.1. The number of carbonyl (C=O) groups excluding carboxylic acids is 1. The van der Waals surface area contributed by atoms with Gasteiger partial charge in [-0.3, -0.25) is 0 Å². The largest absolute Gasteiger partial charge is 0.545 e. The van der Waals surface area contributed by atoms with Gasteiger partial charge in [-0.05, 0) is 42.0 Å². The zero-order valence-corrected chi connectivity index (χ0v) is 18.1. The van der Waals surface area contributed by atoms with Crippen LogP contribution < -0.4 is 10.0 Å². The number of nitrogens with zero attached hydrogens (tertiary/aromatic N) is 2. The van der Waals surface area contributed by atoms with E-state index in [1.165, 1.54) is 56.9 Å². The van der Waals surface area contributed by atoms with E-state index in [1.54, 1.807) is 12.1 Å². The van der Waals surface area contributed by atoms with Gasteiger partial charge in [0.2, 0.25) is 10.0 Å². The predicted octanol–water partition coefficient (Wildman–Crippen LogP) is 0.402. The van der Waals surface area contributed by atoms with Gasteiger partial charge < -0.3 is 14.8 Å². The number of sulfonamides is 1. The predicted molar refractivity (Wildman–Crippen MR) is 111 cm³/mol. The number of rotatable bonds is 6. The number of carbonyl (C=O) groups is 1. The molecule has 7 nitrogen and oxygen atoms in total. The number of hydrogen-bond donors (Lipinski definition) is 1. The van der Waals surface area contributed by atoms with Crippen molar-refractivity contribution in [1.82, 2.24) is 9.29 Å². The molecule has 0 saturated carbocycles. The lowest BCUT2D eigenvalue weighted by molar-refractivity contribution is -0.917. The van der Waals surface area contributed by atoms with Gasteiger partial charge in [-0.25, -0.2) is 17.8 Å².